The number of thioether (sulfide) groups is 1. The molecule has 20 heavy (non-hydrogen) atoms. The first-order valence-corrected chi connectivity index (χ1v) is 8.89. The van der Waals surface area contributed by atoms with E-state index >= 15 is 0 Å². The van der Waals surface area contributed by atoms with Crippen LogP contribution in [0.15, 0.2) is 23.1 Å². The van der Waals surface area contributed by atoms with Gasteiger partial charge in [-0.15, -0.1) is 0 Å². The summed E-state index contributed by atoms with van der Waals surface area (Å²) in [5.41, 5.74) is 0.554. The molecule has 1 aliphatic rings. The summed E-state index contributed by atoms with van der Waals surface area (Å²) in [6.07, 6.45) is 3.98. The Morgan fingerprint density at radius 1 is 1.45 bits per heavy atom. The first-order valence-electron chi connectivity index (χ1n) is 6.18. The highest BCUT2D eigenvalue weighted by Crippen LogP contribution is 2.46. The van der Waals surface area contributed by atoms with Crippen molar-refractivity contribution in [3.05, 3.63) is 29.3 Å². The second kappa shape index (κ2) is 5.38. The number of sulfonamides is 1. The lowest BCUT2D eigenvalue weighted by atomic mass is 10.1. The van der Waals surface area contributed by atoms with Crippen molar-refractivity contribution in [2.24, 2.45) is 0 Å². The number of nitrogens with one attached hydrogen (secondary N) is 1. The molecule has 7 heteroatoms. The summed E-state index contributed by atoms with van der Waals surface area (Å²) in [5.74, 6) is -1.12. The third-order valence-electron chi connectivity index (χ3n) is 3.57. The maximum atomic E-state index is 12.2. The molecule has 5 nitrogen and oxygen atoms in total. The van der Waals surface area contributed by atoms with Crippen molar-refractivity contribution in [3.63, 3.8) is 0 Å². The molecule has 1 aliphatic carbocycles. The maximum Gasteiger partial charge on any atom is 0.335 e. The van der Waals surface area contributed by atoms with Gasteiger partial charge < -0.3 is 5.11 Å². The van der Waals surface area contributed by atoms with E-state index in [1.807, 2.05) is 6.26 Å². The molecule has 0 unspecified atom stereocenters. The van der Waals surface area contributed by atoms with E-state index in [0.29, 0.717) is 12.1 Å². The predicted molar refractivity (Wildman–Crippen MR) is 78.8 cm³/mol. The minimum absolute atomic E-state index is 0.00240. The number of aryl methyl sites for hydroxylation is 1. The number of rotatable bonds is 6. The number of carboxylic acid groups (broad SMARTS) is 1. The second-order valence-electron chi connectivity index (χ2n) is 4.99. The van der Waals surface area contributed by atoms with Crippen LogP contribution in [0.1, 0.15) is 28.8 Å². The zero-order chi connectivity index (χ0) is 15.0. The lowest BCUT2D eigenvalue weighted by Crippen LogP contribution is -2.31. The van der Waals surface area contributed by atoms with Gasteiger partial charge >= 0.3 is 5.97 Å². The van der Waals surface area contributed by atoms with E-state index in [0.717, 1.165) is 12.8 Å². The Balaban J connectivity index is 2.21. The summed E-state index contributed by atoms with van der Waals surface area (Å²) < 4.78 is 27.0. The molecule has 0 aromatic heterocycles. The molecular formula is C13H17NO4S2. The summed E-state index contributed by atoms with van der Waals surface area (Å²) >= 11 is 1.66. The van der Waals surface area contributed by atoms with E-state index in [1.54, 1.807) is 18.7 Å². The first-order chi connectivity index (χ1) is 9.30. The van der Waals surface area contributed by atoms with Gasteiger partial charge in [0.1, 0.15) is 0 Å². The summed E-state index contributed by atoms with van der Waals surface area (Å²) in [7, 11) is -3.66. The molecule has 0 radical (unpaired) electrons. The summed E-state index contributed by atoms with van der Waals surface area (Å²) in [5, 5.41) is 9.04. The fourth-order valence-electron chi connectivity index (χ4n) is 1.90. The van der Waals surface area contributed by atoms with Crippen LogP contribution in [0.25, 0.3) is 0 Å². The van der Waals surface area contributed by atoms with Crippen molar-refractivity contribution in [2.45, 2.75) is 29.4 Å². The molecule has 0 saturated heterocycles. The molecule has 1 fully saturated rings. The Bertz CT molecular complexity index is 636. The van der Waals surface area contributed by atoms with E-state index in [1.165, 1.54) is 18.2 Å². The van der Waals surface area contributed by atoms with Crippen molar-refractivity contribution < 1.29 is 18.3 Å². The van der Waals surface area contributed by atoms with Crippen molar-refractivity contribution in [1.82, 2.24) is 4.72 Å². The summed E-state index contributed by atoms with van der Waals surface area (Å²) in [6, 6.07) is 4.15. The van der Waals surface area contributed by atoms with E-state index in [2.05, 4.69) is 4.72 Å². The van der Waals surface area contributed by atoms with Crippen LogP contribution >= 0.6 is 11.8 Å². The fraction of sp³-hybridized carbons (Fsp3) is 0.462. The third kappa shape index (κ3) is 3.16. The first kappa shape index (κ1) is 15.3. The molecule has 2 rings (SSSR count). The molecule has 0 aliphatic heterocycles. The van der Waals surface area contributed by atoms with Gasteiger partial charge in [0.05, 0.1) is 10.5 Å². The highest BCUT2D eigenvalue weighted by atomic mass is 32.2. The maximum absolute atomic E-state index is 12.2. The van der Waals surface area contributed by atoms with Gasteiger partial charge in [-0.05, 0) is 43.7 Å². The number of hydrogen-bond acceptors (Lipinski definition) is 4. The van der Waals surface area contributed by atoms with E-state index < -0.39 is 16.0 Å². The highest BCUT2D eigenvalue weighted by Gasteiger charge is 2.42. The normalized spacial score (nSPS) is 16.9. The zero-order valence-electron chi connectivity index (χ0n) is 11.3. The van der Waals surface area contributed by atoms with E-state index in [-0.39, 0.29) is 15.2 Å². The Morgan fingerprint density at radius 3 is 2.60 bits per heavy atom. The average molecular weight is 315 g/mol. The standard InChI is InChI=1S/C13H17NO4S2/c1-9-3-4-10(7-11(9)12(15)16)20(17,18)14-8-13(19-2)5-6-13/h3-4,7,14H,5-6,8H2,1-2H3,(H,15,16). The van der Waals surface area contributed by atoms with Gasteiger partial charge in [0.15, 0.2) is 0 Å². The van der Waals surface area contributed by atoms with Crippen LogP contribution in [0.5, 0.6) is 0 Å². The monoisotopic (exact) mass is 315 g/mol. The number of carbonyl (C=O) groups is 1. The quantitative estimate of drug-likeness (QED) is 0.837. The minimum Gasteiger partial charge on any atom is -0.478 e. The Labute approximate surface area is 122 Å². The largest absolute Gasteiger partial charge is 0.478 e. The molecule has 0 spiro atoms. The Morgan fingerprint density at radius 2 is 2.10 bits per heavy atom. The minimum atomic E-state index is -3.66. The third-order valence-corrected chi connectivity index (χ3v) is 6.39. The molecular weight excluding hydrogens is 298 g/mol. The predicted octanol–water partition coefficient (Wildman–Crippen LogP) is 1.87. The number of hydrogen-bond donors (Lipinski definition) is 2. The molecule has 110 valence electrons. The van der Waals surface area contributed by atoms with E-state index in [4.69, 9.17) is 5.11 Å². The van der Waals surface area contributed by atoms with Crippen LogP contribution in [0.3, 0.4) is 0 Å². The van der Waals surface area contributed by atoms with Gasteiger partial charge in [-0.3, -0.25) is 0 Å². The Kier molecular flexibility index (Phi) is 4.13. The molecule has 0 atom stereocenters. The van der Waals surface area contributed by atoms with Gasteiger partial charge in [-0.2, -0.15) is 11.8 Å². The van der Waals surface area contributed by atoms with Crippen LogP contribution in [0, 0.1) is 6.92 Å². The van der Waals surface area contributed by atoms with Crippen LogP contribution < -0.4 is 4.72 Å². The molecule has 0 amide bonds. The van der Waals surface area contributed by atoms with Gasteiger partial charge in [-0.25, -0.2) is 17.9 Å². The lowest BCUT2D eigenvalue weighted by Gasteiger charge is -2.14. The SMILES string of the molecule is CSC1(CNS(=O)(=O)c2ccc(C)c(C(=O)O)c2)CC1. The van der Waals surface area contributed by atoms with Gasteiger partial charge in [0.2, 0.25) is 10.0 Å². The van der Waals surface area contributed by atoms with E-state index in [9.17, 15) is 13.2 Å². The lowest BCUT2D eigenvalue weighted by molar-refractivity contribution is 0.0696. The second-order valence-corrected chi connectivity index (χ2v) is 8.03. The molecule has 0 heterocycles. The van der Waals surface area contributed by atoms with Crippen LogP contribution in [-0.4, -0.2) is 37.0 Å². The van der Waals surface area contributed by atoms with Crippen LogP contribution in [0.2, 0.25) is 0 Å². The Hall–Kier alpha value is -1.05. The number of aromatic carboxylic acids is 1. The van der Waals surface area contributed by atoms with Gasteiger partial charge in [0.25, 0.3) is 0 Å². The molecule has 0 bridgehead atoms. The molecule has 1 aromatic rings. The fourth-order valence-corrected chi connectivity index (χ4v) is 3.87. The van der Waals surface area contributed by atoms with Crippen molar-refractivity contribution in [3.8, 4) is 0 Å². The van der Waals surface area contributed by atoms with Crippen molar-refractivity contribution in [2.75, 3.05) is 12.8 Å². The van der Waals surface area contributed by atoms with Gasteiger partial charge in [0, 0.05) is 11.3 Å². The van der Waals surface area contributed by atoms with Crippen molar-refractivity contribution in [1.29, 1.82) is 0 Å². The summed E-state index contributed by atoms with van der Waals surface area (Å²) in [6.45, 7) is 2.02. The smallest absolute Gasteiger partial charge is 0.335 e. The average Bonchev–Trinajstić information content (AvgIpc) is 3.17. The highest BCUT2D eigenvalue weighted by molar-refractivity contribution is 8.00. The number of carboxylic acids is 1. The van der Waals surface area contributed by atoms with Crippen LogP contribution in [0.4, 0.5) is 0 Å². The molecule has 2 N–H and O–H groups in total. The molecule has 1 saturated carbocycles. The topological polar surface area (TPSA) is 83.5 Å². The van der Waals surface area contributed by atoms with Crippen LogP contribution in [-0.2, 0) is 10.0 Å². The molecule has 1 aromatic carbocycles. The summed E-state index contributed by atoms with van der Waals surface area (Å²) in [4.78, 5) is 11.1. The van der Waals surface area contributed by atoms with Gasteiger partial charge in [-0.1, -0.05) is 6.07 Å². The zero-order valence-corrected chi connectivity index (χ0v) is 13.0. The number of benzene rings is 1. The van der Waals surface area contributed by atoms with Crippen molar-refractivity contribution >= 4 is 27.8 Å².